The van der Waals surface area contributed by atoms with Crippen molar-refractivity contribution in [2.45, 2.75) is 64.9 Å². The van der Waals surface area contributed by atoms with Gasteiger partial charge in [-0.25, -0.2) is 4.57 Å². The number of hydrogen-bond acceptors (Lipinski definition) is 2. The predicted molar refractivity (Wildman–Crippen MR) is 110 cm³/mol. The molecule has 0 bridgehead atoms. The molecule has 0 unspecified atom stereocenters. The van der Waals surface area contributed by atoms with Crippen molar-refractivity contribution in [2.24, 2.45) is 0 Å². The maximum absolute atomic E-state index is 11.6. The van der Waals surface area contributed by atoms with E-state index in [1.807, 2.05) is 24.3 Å². The second-order valence-corrected chi connectivity index (χ2v) is 9.42. The molecule has 2 aromatic carbocycles. The standard InChI is InChI=1S/C22H31O4P/c1-15(2)17-7-11-19(12-8-17)21(22(5,6)26-27(23,24)25)20-13-9-18(10-14-20)16(3)4/h7-16,21H,1-6H3,(H2,23,24,25). The molecule has 0 spiro atoms. The van der Waals surface area contributed by atoms with Crippen LogP contribution >= 0.6 is 7.82 Å². The number of phosphoric acid groups is 1. The van der Waals surface area contributed by atoms with Gasteiger partial charge in [0.2, 0.25) is 0 Å². The molecule has 0 aliphatic heterocycles. The van der Waals surface area contributed by atoms with E-state index in [2.05, 4.69) is 52.0 Å². The van der Waals surface area contributed by atoms with E-state index >= 15 is 0 Å². The van der Waals surface area contributed by atoms with E-state index < -0.39 is 13.4 Å². The Morgan fingerprint density at radius 2 is 1.04 bits per heavy atom. The minimum absolute atomic E-state index is 0.312. The molecule has 2 rings (SSSR count). The Hall–Kier alpha value is -1.45. The van der Waals surface area contributed by atoms with Crippen molar-refractivity contribution in [3.8, 4) is 0 Å². The number of hydrogen-bond donors (Lipinski definition) is 2. The zero-order chi connectivity index (χ0) is 20.4. The molecule has 0 aliphatic carbocycles. The molecule has 148 valence electrons. The van der Waals surface area contributed by atoms with Crippen molar-refractivity contribution in [3.63, 3.8) is 0 Å². The zero-order valence-corrected chi connectivity index (χ0v) is 17.9. The van der Waals surface area contributed by atoms with Gasteiger partial charge in [-0.1, -0.05) is 76.2 Å². The van der Waals surface area contributed by atoms with E-state index in [4.69, 9.17) is 4.52 Å². The molecule has 4 nitrogen and oxygen atoms in total. The molecule has 0 saturated carbocycles. The molecule has 0 heterocycles. The van der Waals surface area contributed by atoms with Crippen molar-refractivity contribution in [1.82, 2.24) is 0 Å². The lowest BCUT2D eigenvalue weighted by Crippen LogP contribution is -2.32. The van der Waals surface area contributed by atoms with Gasteiger partial charge in [0, 0.05) is 5.92 Å². The van der Waals surface area contributed by atoms with Crippen LogP contribution in [0.4, 0.5) is 0 Å². The predicted octanol–water partition coefficient (Wildman–Crippen LogP) is 5.95. The molecule has 0 atom stereocenters. The monoisotopic (exact) mass is 390 g/mol. The lowest BCUT2D eigenvalue weighted by atomic mass is 9.78. The largest absolute Gasteiger partial charge is 0.470 e. The highest BCUT2D eigenvalue weighted by atomic mass is 31.2. The molecule has 0 amide bonds. The fraction of sp³-hybridized carbons (Fsp3) is 0.455. The minimum atomic E-state index is -4.63. The molecule has 0 radical (unpaired) electrons. The summed E-state index contributed by atoms with van der Waals surface area (Å²) in [4.78, 5) is 18.8. The van der Waals surface area contributed by atoms with Gasteiger partial charge >= 0.3 is 7.82 Å². The molecule has 27 heavy (non-hydrogen) atoms. The minimum Gasteiger partial charge on any atom is -0.303 e. The summed E-state index contributed by atoms with van der Waals surface area (Å²) in [5.74, 6) is 0.525. The van der Waals surface area contributed by atoms with E-state index in [1.54, 1.807) is 13.8 Å². The van der Waals surface area contributed by atoms with E-state index in [-0.39, 0.29) is 5.92 Å². The average Bonchev–Trinajstić information content (AvgIpc) is 2.53. The Labute approximate surface area is 162 Å². The van der Waals surface area contributed by atoms with Crippen LogP contribution < -0.4 is 0 Å². The summed E-state index contributed by atoms with van der Waals surface area (Å²) < 4.78 is 16.8. The smallest absolute Gasteiger partial charge is 0.303 e. The zero-order valence-electron chi connectivity index (χ0n) is 17.0. The maximum atomic E-state index is 11.6. The molecule has 2 N–H and O–H groups in total. The molecule has 0 aliphatic rings. The highest BCUT2D eigenvalue weighted by Gasteiger charge is 2.38. The maximum Gasteiger partial charge on any atom is 0.470 e. The topological polar surface area (TPSA) is 66.8 Å². The van der Waals surface area contributed by atoms with Crippen molar-refractivity contribution in [3.05, 3.63) is 70.8 Å². The summed E-state index contributed by atoms with van der Waals surface area (Å²) >= 11 is 0. The van der Waals surface area contributed by atoms with Gasteiger partial charge in [-0.2, -0.15) is 0 Å². The van der Waals surface area contributed by atoms with Gasteiger partial charge < -0.3 is 9.79 Å². The average molecular weight is 390 g/mol. The van der Waals surface area contributed by atoms with E-state index in [0.717, 1.165) is 11.1 Å². The van der Waals surface area contributed by atoms with Gasteiger partial charge in [-0.15, -0.1) is 0 Å². The highest BCUT2D eigenvalue weighted by molar-refractivity contribution is 7.46. The van der Waals surface area contributed by atoms with Crippen LogP contribution in [-0.2, 0) is 9.09 Å². The van der Waals surface area contributed by atoms with Crippen molar-refractivity contribution < 1.29 is 18.9 Å². The summed E-state index contributed by atoms with van der Waals surface area (Å²) in [7, 11) is -4.63. The quantitative estimate of drug-likeness (QED) is 0.573. The number of rotatable bonds is 7. The lowest BCUT2D eigenvalue weighted by Gasteiger charge is -2.35. The van der Waals surface area contributed by atoms with E-state index in [9.17, 15) is 14.4 Å². The SMILES string of the molecule is CC(C)c1ccc(C(c2ccc(C(C)C)cc2)C(C)(C)OP(=O)(O)O)cc1. The van der Waals surface area contributed by atoms with Crippen LogP contribution in [0.1, 0.15) is 81.5 Å². The molecule has 0 saturated heterocycles. The third kappa shape index (κ3) is 5.76. The van der Waals surface area contributed by atoms with Gasteiger partial charge in [0.25, 0.3) is 0 Å². The van der Waals surface area contributed by atoms with Gasteiger partial charge in [-0.3, -0.25) is 4.52 Å². The first-order chi connectivity index (χ1) is 12.4. The second-order valence-electron chi connectivity index (χ2n) is 8.26. The first-order valence-corrected chi connectivity index (χ1v) is 10.9. The molecule has 0 aromatic heterocycles. The van der Waals surface area contributed by atoms with E-state index in [0.29, 0.717) is 11.8 Å². The van der Waals surface area contributed by atoms with Gasteiger partial charge in [-0.05, 0) is 47.9 Å². The van der Waals surface area contributed by atoms with E-state index in [1.165, 1.54) is 11.1 Å². The van der Waals surface area contributed by atoms with Crippen molar-refractivity contribution in [2.75, 3.05) is 0 Å². The van der Waals surface area contributed by atoms with Gasteiger partial charge in [0.1, 0.15) is 0 Å². The summed E-state index contributed by atoms with van der Waals surface area (Å²) in [5, 5.41) is 0. The van der Waals surface area contributed by atoms with Crippen LogP contribution in [0, 0.1) is 0 Å². The third-order valence-electron chi connectivity index (χ3n) is 4.92. The fourth-order valence-corrected chi connectivity index (χ4v) is 4.22. The molecular weight excluding hydrogens is 359 g/mol. The number of benzene rings is 2. The number of phosphoric ester groups is 1. The Balaban J connectivity index is 2.52. The Kier molecular flexibility index (Phi) is 6.70. The van der Waals surface area contributed by atoms with Crippen LogP contribution in [0.15, 0.2) is 48.5 Å². The molecule has 2 aromatic rings. The van der Waals surface area contributed by atoms with Gasteiger partial charge in [0.05, 0.1) is 5.60 Å². The summed E-state index contributed by atoms with van der Waals surface area (Å²) in [6.07, 6.45) is 0. The fourth-order valence-electron chi connectivity index (χ4n) is 3.50. The van der Waals surface area contributed by atoms with Crippen LogP contribution in [0.2, 0.25) is 0 Å². The normalized spacial score (nSPS) is 13.0. The Morgan fingerprint density at radius 3 is 1.30 bits per heavy atom. The molecule has 0 fully saturated rings. The first kappa shape index (κ1) is 21.8. The molecule has 5 heteroatoms. The first-order valence-electron chi connectivity index (χ1n) is 9.36. The summed E-state index contributed by atoms with van der Waals surface area (Å²) in [5.41, 5.74) is 3.30. The Morgan fingerprint density at radius 1 is 0.741 bits per heavy atom. The van der Waals surface area contributed by atoms with Crippen LogP contribution in [-0.4, -0.2) is 15.4 Å². The van der Waals surface area contributed by atoms with Crippen molar-refractivity contribution in [1.29, 1.82) is 0 Å². The lowest BCUT2D eigenvalue weighted by molar-refractivity contribution is 0.0515. The third-order valence-corrected chi connectivity index (χ3v) is 5.63. The van der Waals surface area contributed by atoms with Crippen LogP contribution in [0.3, 0.4) is 0 Å². The molecular formula is C22H31O4P. The summed E-state index contributed by atoms with van der Waals surface area (Å²) in [6, 6.07) is 16.4. The second kappa shape index (κ2) is 8.28. The Bertz CT molecular complexity index is 735. The van der Waals surface area contributed by atoms with Crippen LogP contribution in [0.5, 0.6) is 0 Å². The summed E-state index contributed by atoms with van der Waals surface area (Å²) in [6.45, 7) is 12.0. The van der Waals surface area contributed by atoms with Gasteiger partial charge in [0.15, 0.2) is 0 Å². The van der Waals surface area contributed by atoms with Crippen LogP contribution in [0.25, 0.3) is 0 Å². The highest BCUT2D eigenvalue weighted by Crippen LogP contribution is 2.48. The van der Waals surface area contributed by atoms with Crippen molar-refractivity contribution >= 4 is 7.82 Å².